The van der Waals surface area contributed by atoms with E-state index < -0.39 is 11.7 Å². The maximum atomic E-state index is 13.7. The number of pyridine rings is 1. The summed E-state index contributed by atoms with van der Waals surface area (Å²) in [5.74, 6) is 0.148. The molecule has 0 radical (unpaired) electrons. The monoisotopic (exact) mass is 442 g/mol. The average molecular weight is 443 g/mol. The molecule has 4 nitrogen and oxygen atoms in total. The summed E-state index contributed by atoms with van der Waals surface area (Å²) in [5.41, 5.74) is 3.02. The summed E-state index contributed by atoms with van der Waals surface area (Å²) in [6.45, 7) is 4.70. The largest absolute Gasteiger partial charge is 0.493 e. The third-order valence-electron chi connectivity index (χ3n) is 4.21. The van der Waals surface area contributed by atoms with Crippen LogP contribution in [0.1, 0.15) is 29.8 Å². The molecule has 0 aliphatic carbocycles. The van der Waals surface area contributed by atoms with Gasteiger partial charge in [0.2, 0.25) is 0 Å². The molecule has 1 aliphatic rings. The molecule has 6 heteroatoms. The molecule has 28 heavy (non-hydrogen) atoms. The van der Waals surface area contributed by atoms with E-state index in [0.717, 1.165) is 27.8 Å². The summed E-state index contributed by atoms with van der Waals surface area (Å²) < 4.78 is 20.3. The van der Waals surface area contributed by atoms with Gasteiger partial charge in [-0.15, -0.1) is 0 Å². The highest BCUT2D eigenvalue weighted by Gasteiger charge is 2.16. The van der Waals surface area contributed by atoms with Gasteiger partial charge in [0.1, 0.15) is 17.4 Å². The van der Waals surface area contributed by atoms with Crippen molar-refractivity contribution in [1.29, 1.82) is 0 Å². The third kappa shape index (κ3) is 4.22. The van der Waals surface area contributed by atoms with Gasteiger partial charge >= 0.3 is 0 Å². The van der Waals surface area contributed by atoms with Crippen LogP contribution in [0.4, 0.5) is 10.2 Å². The molecule has 2 aromatic carbocycles. The van der Waals surface area contributed by atoms with Crippen LogP contribution in [0, 0.1) is 5.82 Å². The summed E-state index contributed by atoms with van der Waals surface area (Å²) in [7, 11) is 0. The zero-order valence-electron chi connectivity index (χ0n) is 15.6. The zero-order chi connectivity index (χ0) is 20.1. The number of rotatable bonds is 3. The lowest BCUT2D eigenvalue weighted by Gasteiger charge is -2.09. The molecule has 1 N–H and O–H groups in total. The highest BCUT2D eigenvalue weighted by Crippen LogP contribution is 2.37. The summed E-state index contributed by atoms with van der Waals surface area (Å²) in [5, 5.41) is 2.61. The van der Waals surface area contributed by atoms with Crippen LogP contribution in [0.15, 0.2) is 59.2 Å². The number of anilines is 1. The topological polar surface area (TPSA) is 51.2 Å². The lowest BCUT2D eigenvalue weighted by molar-refractivity contribution is 0.102. The predicted octanol–water partition coefficient (Wildman–Crippen LogP) is 5.86. The molecule has 2 heterocycles. The number of carbonyl (C=O) groups is 1. The first-order valence-electron chi connectivity index (χ1n) is 9.09. The van der Waals surface area contributed by atoms with Crippen LogP contribution >= 0.6 is 15.9 Å². The third-order valence-corrected chi connectivity index (χ3v) is 4.87. The first-order chi connectivity index (χ1) is 13.6. The van der Waals surface area contributed by atoms with E-state index in [9.17, 15) is 9.18 Å². The summed E-state index contributed by atoms with van der Waals surface area (Å²) in [6, 6.07) is 13.4. The van der Waals surface area contributed by atoms with E-state index in [0.29, 0.717) is 12.4 Å². The van der Waals surface area contributed by atoms with Crippen molar-refractivity contribution in [2.24, 2.45) is 0 Å². The van der Waals surface area contributed by atoms with Gasteiger partial charge in [-0.3, -0.25) is 4.79 Å². The number of nitrogens with zero attached hydrogens (tertiary/aromatic N) is 1. The fourth-order valence-electron chi connectivity index (χ4n) is 2.87. The highest BCUT2D eigenvalue weighted by atomic mass is 79.9. The Kier molecular flexibility index (Phi) is 6.41. The maximum Gasteiger partial charge on any atom is 0.259 e. The standard InChI is InChI=1S/C20H14BrFN2O2.C2H6/c21-16-9-12-7-8-26-18(12)10-15(16)13-5-6-19(23-11-13)24-20(25)14-3-1-2-4-17(14)22;1-2/h1-6,9-11H,7-8H2,(H,23,24,25);1-2H3. The van der Waals surface area contributed by atoms with Crippen LogP contribution in [0.25, 0.3) is 11.1 Å². The van der Waals surface area contributed by atoms with Crippen LogP contribution in [0.5, 0.6) is 5.75 Å². The van der Waals surface area contributed by atoms with Crippen LogP contribution in [-0.4, -0.2) is 17.5 Å². The van der Waals surface area contributed by atoms with Crippen molar-refractivity contribution in [2.75, 3.05) is 11.9 Å². The molecule has 144 valence electrons. The lowest BCUT2D eigenvalue weighted by atomic mass is 10.0. The average Bonchev–Trinajstić information content (AvgIpc) is 3.17. The van der Waals surface area contributed by atoms with Gasteiger partial charge in [-0.2, -0.15) is 0 Å². The molecule has 0 fully saturated rings. The number of hydrogen-bond acceptors (Lipinski definition) is 3. The Bertz CT molecular complexity index is 990. The van der Waals surface area contributed by atoms with E-state index in [1.54, 1.807) is 18.3 Å². The predicted molar refractivity (Wildman–Crippen MR) is 112 cm³/mol. The van der Waals surface area contributed by atoms with E-state index in [4.69, 9.17) is 4.74 Å². The van der Waals surface area contributed by atoms with E-state index in [2.05, 4.69) is 32.3 Å². The maximum absolute atomic E-state index is 13.7. The van der Waals surface area contributed by atoms with E-state index in [1.165, 1.54) is 23.8 Å². The number of halogens is 2. The van der Waals surface area contributed by atoms with Gasteiger partial charge < -0.3 is 10.1 Å². The summed E-state index contributed by atoms with van der Waals surface area (Å²) in [4.78, 5) is 16.4. The molecule has 1 aliphatic heterocycles. The Balaban J connectivity index is 0.00000109. The number of nitrogens with one attached hydrogen (secondary N) is 1. The molecule has 0 saturated heterocycles. The van der Waals surface area contributed by atoms with E-state index in [1.807, 2.05) is 26.0 Å². The van der Waals surface area contributed by atoms with Crippen LogP contribution < -0.4 is 10.1 Å². The quantitative estimate of drug-likeness (QED) is 0.552. The van der Waals surface area contributed by atoms with Gasteiger partial charge in [-0.05, 0) is 42.0 Å². The minimum atomic E-state index is -0.566. The number of ether oxygens (including phenoxy) is 1. The number of carbonyl (C=O) groups excluding carboxylic acids is 1. The second kappa shape index (κ2) is 8.97. The fourth-order valence-corrected chi connectivity index (χ4v) is 3.49. The van der Waals surface area contributed by atoms with Gasteiger partial charge in [0.25, 0.3) is 5.91 Å². The van der Waals surface area contributed by atoms with E-state index >= 15 is 0 Å². The normalized spacial score (nSPS) is 11.7. The zero-order valence-corrected chi connectivity index (χ0v) is 17.2. The second-order valence-corrected chi connectivity index (χ2v) is 6.76. The Morgan fingerprint density at radius 1 is 1.18 bits per heavy atom. The Labute approximate surface area is 171 Å². The Morgan fingerprint density at radius 2 is 1.96 bits per heavy atom. The van der Waals surface area contributed by atoms with Crippen molar-refractivity contribution in [2.45, 2.75) is 20.3 Å². The number of hydrogen-bond donors (Lipinski definition) is 1. The minimum Gasteiger partial charge on any atom is -0.493 e. The molecule has 1 aromatic heterocycles. The van der Waals surface area contributed by atoms with Crippen molar-refractivity contribution in [3.8, 4) is 16.9 Å². The van der Waals surface area contributed by atoms with Gasteiger partial charge in [0, 0.05) is 28.2 Å². The molecular weight excluding hydrogens is 423 g/mol. The molecule has 4 rings (SSSR count). The smallest absolute Gasteiger partial charge is 0.259 e. The van der Waals surface area contributed by atoms with Crippen molar-refractivity contribution in [3.63, 3.8) is 0 Å². The first kappa shape index (κ1) is 20.0. The number of aromatic nitrogens is 1. The number of fused-ring (bicyclic) bond motifs is 1. The molecule has 0 spiro atoms. The minimum absolute atomic E-state index is 0.0168. The molecule has 0 saturated carbocycles. The van der Waals surface area contributed by atoms with Gasteiger partial charge in [0.05, 0.1) is 12.2 Å². The molecule has 0 atom stereocenters. The molecular formula is C22H20BrFN2O2. The molecule has 0 unspecified atom stereocenters. The van der Waals surface area contributed by atoms with Crippen LogP contribution in [0.3, 0.4) is 0 Å². The highest BCUT2D eigenvalue weighted by molar-refractivity contribution is 9.10. The number of benzene rings is 2. The SMILES string of the molecule is CC.O=C(Nc1ccc(-c2cc3c(cc2Br)CCO3)cn1)c1ccccc1F. The lowest BCUT2D eigenvalue weighted by Crippen LogP contribution is -2.14. The molecule has 0 bridgehead atoms. The first-order valence-corrected chi connectivity index (χ1v) is 9.88. The van der Waals surface area contributed by atoms with Crippen molar-refractivity contribution >= 4 is 27.7 Å². The van der Waals surface area contributed by atoms with Gasteiger partial charge in [0.15, 0.2) is 0 Å². The summed E-state index contributed by atoms with van der Waals surface area (Å²) >= 11 is 3.59. The Hall–Kier alpha value is -2.73. The van der Waals surface area contributed by atoms with Crippen molar-refractivity contribution in [1.82, 2.24) is 4.98 Å². The van der Waals surface area contributed by atoms with Crippen molar-refractivity contribution in [3.05, 3.63) is 76.1 Å². The Morgan fingerprint density at radius 3 is 2.68 bits per heavy atom. The van der Waals surface area contributed by atoms with E-state index in [-0.39, 0.29) is 5.56 Å². The number of amides is 1. The van der Waals surface area contributed by atoms with Crippen LogP contribution in [0.2, 0.25) is 0 Å². The molecule has 3 aromatic rings. The van der Waals surface area contributed by atoms with Gasteiger partial charge in [-0.1, -0.05) is 41.9 Å². The molecule has 1 amide bonds. The van der Waals surface area contributed by atoms with Gasteiger partial charge in [-0.25, -0.2) is 9.37 Å². The summed E-state index contributed by atoms with van der Waals surface area (Å²) in [6.07, 6.45) is 2.58. The van der Waals surface area contributed by atoms with Crippen LogP contribution in [-0.2, 0) is 6.42 Å². The fraction of sp³-hybridized carbons (Fsp3) is 0.182. The van der Waals surface area contributed by atoms with Crippen molar-refractivity contribution < 1.29 is 13.9 Å². The second-order valence-electron chi connectivity index (χ2n) is 5.90.